The highest BCUT2D eigenvalue weighted by Crippen LogP contribution is 2.21. The summed E-state index contributed by atoms with van der Waals surface area (Å²) in [6.45, 7) is 2.11. The second kappa shape index (κ2) is 5.14. The van der Waals surface area contributed by atoms with E-state index in [0.29, 0.717) is 13.0 Å². The number of sulfonamides is 1. The minimum Gasteiger partial charge on any atom is -0.478 e. The first-order valence-corrected chi connectivity index (χ1v) is 7.34. The van der Waals surface area contributed by atoms with E-state index in [0.717, 1.165) is 5.56 Å². The molecular formula is C13H15NO4S. The monoisotopic (exact) mass is 281 g/mol. The van der Waals surface area contributed by atoms with Crippen molar-refractivity contribution in [2.45, 2.75) is 18.2 Å². The molecule has 1 heterocycles. The van der Waals surface area contributed by atoms with Gasteiger partial charge in [-0.25, -0.2) is 13.2 Å². The van der Waals surface area contributed by atoms with Crippen molar-refractivity contribution in [1.29, 1.82) is 0 Å². The molecule has 0 saturated carbocycles. The third-order valence-electron chi connectivity index (χ3n) is 3.05. The summed E-state index contributed by atoms with van der Waals surface area (Å²) < 4.78 is 26.0. The lowest BCUT2D eigenvalue weighted by Gasteiger charge is -2.25. The van der Waals surface area contributed by atoms with Crippen molar-refractivity contribution in [2.75, 3.05) is 13.1 Å². The number of rotatable bonds is 3. The summed E-state index contributed by atoms with van der Waals surface area (Å²) in [6, 6.07) is 6.54. The van der Waals surface area contributed by atoms with Gasteiger partial charge in [-0.05, 0) is 25.5 Å². The summed E-state index contributed by atoms with van der Waals surface area (Å²) in [6.07, 6.45) is 2.00. The van der Waals surface area contributed by atoms with E-state index >= 15 is 0 Å². The summed E-state index contributed by atoms with van der Waals surface area (Å²) in [4.78, 5) is 11.1. The first-order valence-electron chi connectivity index (χ1n) is 5.90. The Kier molecular flexibility index (Phi) is 3.73. The number of aliphatic carboxylic acids is 1. The van der Waals surface area contributed by atoms with Crippen LogP contribution in [-0.4, -0.2) is 36.9 Å². The van der Waals surface area contributed by atoms with Gasteiger partial charge in [0.2, 0.25) is 10.0 Å². The van der Waals surface area contributed by atoms with E-state index in [-0.39, 0.29) is 17.0 Å². The number of benzene rings is 1. The number of hydrogen-bond acceptors (Lipinski definition) is 3. The Morgan fingerprint density at radius 1 is 1.26 bits per heavy atom. The van der Waals surface area contributed by atoms with Crippen LogP contribution >= 0.6 is 0 Å². The average Bonchev–Trinajstić information content (AvgIpc) is 2.39. The van der Waals surface area contributed by atoms with E-state index in [9.17, 15) is 13.2 Å². The number of nitrogens with zero attached hydrogens (tertiary/aromatic N) is 1. The van der Waals surface area contributed by atoms with Crippen LogP contribution in [-0.2, 0) is 14.8 Å². The Balaban J connectivity index is 2.28. The molecule has 19 heavy (non-hydrogen) atoms. The van der Waals surface area contributed by atoms with Gasteiger partial charge in [-0.2, -0.15) is 4.31 Å². The van der Waals surface area contributed by atoms with Crippen LogP contribution in [0.5, 0.6) is 0 Å². The third kappa shape index (κ3) is 2.85. The van der Waals surface area contributed by atoms with Gasteiger partial charge in [-0.3, -0.25) is 0 Å². The van der Waals surface area contributed by atoms with E-state index in [1.54, 1.807) is 30.3 Å². The molecule has 0 bridgehead atoms. The van der Waals surface area contributed by atoms with Crippen molar-refractivity contribution < 1.29 is 18.3 Å². The maximum atomic E-state index is 12.4. The van der Waals surface area contributed by atoms with Crippen molar-refractivity contribution in [3.63, 3.8) is 0 Å². The molecule has 1 aliphatic heterocycles. The van der Waals surface area contributed by atoms with Crippen LogP contribution < -0.4 is 0 Å². The van der Waals surface area contributed by atoms with Crippen LogP contribution in [0, 0.1) is 6.92 Å². The van der Waals surface area contributed by atoms with E-state index in [2.05, 4.69) is 0 Å². The smallest absolute Gasteiger partial charge is 0.332 e. The second-order valence-electron chi connectivity index (χ2n) is 4.47. The number of carboxylic acids is 1. The topological polar surface area (TPSA) is 74.7 Å². The van der Waals surface area contributed by atoms with Gasteiger partial charge < -0.3 is 5.11 Å². The highest BCUT2D eigenvalue weighted by Gasteiger charge is 2.28. The normalized spacial score (nSPS) is 17.0. The molecule has 0 spiro atoms. The Bertz CT molecular complexity index is 617. The molecular weight excluding hydrogens is 266 g/mol. The predicted octanol–water partition coefficient (Wildman–Crippen LogP) is 1.40. The van der Waals surface area contributed by atoms with Gasteiger partial charge in [0, 0.05) is 18.7 Å². The lowest BCUT2D eigenvalue weighted by molar-refractivity contribution is -0.132. The lowest BCUT2D eigenvalue weighted by Crippen LogP contribution is -2.37. The number of carboxylic acid groups (broad SMARTS) is 1. The average molecular weight is 281 g/mol. The summed E-state index contributed by atoms with van der Waals surface area (Å²) in [7, 11) is -3.62. The maximum Gasteiger partial charge on any atom is 0.332 e. The molecule has 0 radical (unpaired) electrons. The zero-order chi connectivity index (χ0) is 14.0. The second-order valence-corrected chi connectivity index (χ2v) is 6.41. The van der Waals surface area contributed by atoms with Crippen LogP contribution in [0.25, 0.3) is 0 Å². The Labute approximate surface area is 112 Å². The van der Waals surface area contributed by atoms with Gasteiger partial charge >= 0.3 is 5.97 Å². The summed E-state index contributed by atoms with van der Waals surface area (Å²) in [5, 5.41) is 8.94. The first-order chi connectivity index (χ1) is 8.91. The highest BCUT2D eigenvalue weighted by molar-refractivity contribution is 7.89. The largest absolute Gasteiger partial charge is 0.478 e. The van der Waals surface area contributed by atoms with Crippen molar-refractivity contribution in [3.8, 4) is 0 Å². The first kappa shape index (κ1) is 13.8. The minimum absolute atomic E-state index is 0.0778. The molecule has 6 heteroatoms. The molecule has 2 rings (SSSR count). The maximum absolute atomic E-state index is 12.4. The Morgan fingerprint density at radius 3 is 2.47 bits per heavy atom. The van der Waals surface area contributed by atoms with Crippen molar-refractivity contribution in [1.82, 2.24) is 4.31 Å². The van der Waals surface area contributed by atoms with Gasteiger partial charge in [-0.15, -0.1) is 0 Å². The van der Waals surface area contributed by atoms with Crippen molar-refractivity contribution in [2.24, 2.45) is 0 Å². The fraction of sp³-hybridized carbons (Fsp3) is 0.308. The molecule has 0 aliphatic carbocycles. The molecule has 1 aromatic carbocycles. The molecule has 0 aromatic heterocycles. The van der Waals surface area contributed by atoms with Crippen LogP contribution in [0.3, 0.4) is 0 Å². The lowest BCUT2D eigenvalue weighted by atomic mass is 10.1. The van der Waals surface area contributed by atoms with Gasteiger partial charge in [0.15, 0.2) is 0 Å². The van der Waals surface area contributed by atoms with E-state index in [4.69, 9.17) is 5.11 Å². The number of carbonyl (C=O) groups is 1. The number of aryl methyl sites for hydroxylation is 1. The molecule has 0 unspecified atom stereocenters. The molecule has 5 nitrogen and oxygen atoms in total. The SMILES string of the molecule is Cc1ccc(S(=O)(=O)N2CCC=C(C(=O)O)C2)cc1. The minimum atomic E-state index is -3.62. The van der Waals surface area contributed by atoms with E-state index < -0.39 is 16.0 Å². The van der Waals surface area contributed by atoms with Crippen LogP contribution in [0.2, 0.25) is 0 Å². The zero-order valence-electron chi connectivity index (χ0n) is 10.5. The van der Waals surface area contributed by atoms with Gasteiger partial charge in [0.1, 0.15) is 0 Å². The predicted molar refractivity (Wildman–Crippen MR) is 70.3 cm³/mol. The van der Waals surface area contributed by atoms with Crippen LogP contribution in [0.15, 0.2) is 40.8 Å². The van der Waals surface area contributed by atoms with Crippen molar-refractivity contribution >= 4 is 16.0 Å². The molecule has 1 aromatic rings. The molecule has 0 saturated heterocycles. The zero-order valence-corrected chi connectivity index (χ0v) is 11.4. The summed E-state index contributed by atoms with van der Waals surface area (Å²) >= 11 is 0. The molecule has 0 fully saturated rings. The molecule has 0 atom stereocenters. The Hall–Kier alpha value is -1.66. The molecule has 1 aliphatic rings. The quantitative estimate of drug-likeness (QED) is 0.908. The van der Waals surface area contributed by atoms with Crippen LogP contribution in [0.1, 0.15) is 12.0 Å². The van der Waals surface area contributed by atoms with E-state index in [1.807, 2.05) is 6.92 Å². The third-order valence-corrected chi connectivity index (χ3v) is 4.91. The summed E-state index contributed by atoms with van der Waals surface area (Å²) in [5.41, 5.74) is 1.10. The van der Waals surface area contributed by atoms with E-state index in [1.165, 1.54) is 4.31 Å². The van der Waals surface area contributed by atoms with Crippen LogP contribution in [0.4, 0.5) is 0 Å². The standard InChI is InChI=1S/C13H15NO4S/c1-10-4-6-12(7-5-10)19(17,18)14-8-2-3-11(9-14)13(15)16/h3-7H,2,8-9H2,1H3,(H,15,16). The van der Waals surface area contributed by atoms with Gasteiger partial charge in [0.25, 0.3) is 0 Å². The highest BCUT2D eigenvalue weighted by atomic mass is 32.2. The molecule has 1 N–H and O–H groups in total. The Morgan fingerprint density at radius 2 is 1.89 bits per heavy atom. The fourth-order valence-electron chi connectivity index (χ4n) is 1.94. The van der Waals surface area contributed by atoms with Crippen molar-refractivity contribution in [3.05, 3.63) is 41.5 Å². The fourth-order valence-corrected chi connectivity index (χ4v) is 3.37. The number of hydrogen-bond donors (Lipinski definition) is 1. The molecule has 102 valence electrons. The summed E-state index contributed by atoms with van der Waals surface area (Å²) in [5.74, 6) is -1.07. The molecule has 0 amide bonds. The van der Waals surface area contributed by atoms with Gasteiger partial charge in [-0.1, -0.05) is 23.8 Å². The van der Waals surface area contributed by atoms with Gasteiger partial charge in [0.05, 0.1) is 4.90 Å².